The predicted octanol–water partition coefficient (Wildman–Crippen LogP) is 2.25. The summed E-state index contributed by atoms with van der Waals surface area (Å²) in [6.45, 7) is 0. The zero-order valence-corrected chi connectivity index (χ0v) is 13.8. The molecule has 0 fully saturated rings. The van der Waals surface area contributed by atoms with Gasteiger partial charge in [-0.05, 0) is 53.2 Å². The maximum atomic E-state index is 12.3. The number of fused-ring (bicyclic) bond motifs is 1. The molecule has 0 saturated heterocycles. The molecule has 0 amide bonds. The predicted molar refractivity (Wildman–Crippen MR) is 102 cm³/mol. The number of guanidine groups is 1. The van der Waals surface area contributed by atoms with E-state index < -0.39 is 5.97 Å². The zero-order valence-electron chi connectivity index (χ0n) is 13.8. The van der Waals surface area contributed by atoms with Gasteiger partial charge in [0.25, 0.3) is 0 Å². The molecule has 0 radical (unpaired) electrons. The van der Waals surface area contributed by atoms with Gasteiger partial charge in [-0.3, -0.25) is 5.41 Å². The molecule has 0 saturated carbocycles. The van der Waals surface area contributed by atoms with Gasteiger partial charge in [-0.2, -0.15) is 0 Å². The molecule has 0 bridgehead atoms. The van der Waals surface area contributed by atoms with E-state index in [-0.39, 0.29) is 11.8 Å². The monoisotopic (exact) mass is 348 g/mol. The number of nitrogen functional groups attached to an aromatic ring is 1. The molecule has 3 aromatic rings. The van der Waals surface area contributed by atoms with Crippen LogP contribution in [0.3, 0.4) is 0 Å². The topological polar surface area (TPSA) is 141 Å². The van der Waals surface area contributed by atoms with Gasteiger partial charge in [0, 0.05) is 5.56 Å². The van der Waals surface area contributed by atoms with Gasteiger partial charge in [-0.15, -0.1) is 0 Å². The molecule has 130 valence electrons. The number of nitrogens with zero attached hydrogens (tertiary/aromatic N) is 1. The second-order valence-corrected chi connectivity index (χ2v) is 5.61. The summed E-state index contributed by atoms with van der Waals surface area (Å²) >= 11 is 0. The van der Waals surface area contributed by atoms with Crippen LogP contribution in [0.2, 0.25) is 0 Å². The fourth-order valence-corrected chi connectivity index (χ4v) is 2.44. The number of hydrogen-bond acceptors (Lipinski definition) is 4. The normalized spacial score (nSPS) is 10.3. The Balaban J connectivity index is 1.79. The number of carbonyl (C=O) groups excluding carboxylic acids is 1. The van der Waals surface area contributed by atoms with Crippen LogP contribution < -0.4 is 21.9 Å². The lowest BCUT2D eigenvalue weighted by Gasteiger charge is -2.07. The van der Waals surface area contributed by atoms with Crippen molar-refractivity contribution in [3.05, 3.63) is 71.8 Å². The first-order valence-corrected chi connectivity index (χ1v) is 7.72. The van der Waals surface area contributed by atoms with E-state index in [0.717, 1.165) is 10.8 Å². The van der Waals surface area contributed by atoms with Gasteiger partial charge < -0.3 is 21.9 Å². The van der Waals surface area contributed by atoms with Crippen LogP contribution in [0, 0.1) is 5.41 Å². The summed E-state index contributed by atoms with van der Waals surface area (Å²) in [5.74, 6) is -0.108. The van der Waals surface area contributed by atoms with Crippen LogP contribution in [0.1, 0.15) is 15.9 Å². The Morgan fingerprint density at radius 1 is 0.846 bits per heavy atom. The number of carbonyl (C=O) groups is 1. The molecule has 3 aromatic carbocycles. The summed E-state index contributed by atoms with van der Waals surface area (Å²) in [6, 6.07) is 17.1. The largest absolute Gasteiger partial charge is 0.423 e. The maximum Gasteiger partial charge on any atom is 0.343 e. The quantitative estimate of drug-likeness (QED) is 0.248. The summed E-state index contributed by atoms with van der Waals surface area (Å²) in [6.07, 6.45) is 0. The van der Waals surface area contributed by atoms with Gasteiger partial charge in [0.05, 0.1) is 11.3 Å². The molecule has 0 spiro atoms. The molecular formula is C19H17N5O2. The molecule has 0 aliphatic carbocycles. The third kappa shape index (κ3) is 3.78. The SMILES string of the molecule is N=C(N)c1ccc2cc(OC(=O)c3ccc(N=C(N)N)c[13cH]3)ccc2c1. The first kappa shape index (κ1) is 17.0. The molecule has 0 aliphatic rings. The molecule has 26 heavy (non-hydrogen) atoms. The van der Waals surface area contributed by atoms with Crippen molar-refractivity contribution in [3.8, 4) is 5.75 Å². The van der Waals surface area contributed by atoms with Crippen LogP contribution in [0.4, 0.5) is 5.69 Å². The van der Waals surface area contributed by atoms with Gasteiger partial charge in [0.15, 0.2) is 5.96 Å². The number of esters is 1. The highest BCUT2D eigenvalue weighted by molar-refractivity contribution is 5.99. The Labute approximate surface area is 149 Å². The van der Waals surface area contributed by atoms with Crippen LogP contribution in [-0.4, -0.2) is 17.8 Å². The van der Waals surface area contributed by atoms with E-state index in [1.54, 1.807) is 42.5 Å². The summed E-state index contributed by atoms with van der Waals surface area (Å²) in [4.78, 5) is 16.2. The van der Waals surface area contributed by atoms with E-state index in [0.29, 0.717) is 22.6 Å². The number of hydrogen-bond donors (Lipinski definition) is 4. The molecular weight excluding hydrogens is 331 g/mol. The average molecular weight is 348 g/mol. The Kier molecular flexibility index (Phi) is 4.53. The van der Waals surface area contributed by atoms with Crippen LogP contribution in [-0.2, 0) is 0 Å². The second kappa shape index (κ2) is 6.94. The standard InChI is InChI=1S/C19H17N5O2/c20-17(21)14-2-1-13-10-16(8-5-12(13)9-14)26-18(25)11-3-6-15(7-4-11)24-19(22)23/h1-10H,(H3,20,21)(H4,22,23,24)/i3+1. The molecule has 7 heteroatoms. The third-order valence-electron chi connectivity index (χ3n) is 3.69. The summed E-state index contributed by atoms with van der Waals surface area (Å²) < 4.78 is 5.42. The van der Waals surface area contributed by atoms with Crippen molar-refractivity contribution in [1.82, 2.24) is 0 Å². The first-order chi connectivity index (χ1) is 12.4. The fraction of sp³-hybridized carbons (Fsp3) is 0. The molecule has 7 nitrogen and oxygen atoms in total. The highest BCUT2D eigenvalue weighted by Crippen LogP contribution is 2.23. The van der Waals surface area contributed by atoms with Crippen molar-refractivity contribution in [2.45, 2.75) is 0 Å². The Hall–Kier alpha value is -3.87. The number of benzene rings is 3. The van der Waals surface area contributed by atoms with Gasteiger partial charge >= 0.3 is 5.97 Å². The highest BCUT2D eigenvalue weighted by Gasteiger charge is 2.09. The lowest BCUT2D eigenvalue weighted by Crippen LogP contribution is -2.21. The Morgan fingerprint density at radius 2 is 1.46 bits per heavy atom. The van der Waals surface area contributed by atoms with Gasteiger partial charge in [0.2, 0.25) is 0 Å². The minimum absolute atomic E-state index is 0.00609. The van der Waals surface area contributed by atoms with Crippen LogP contribution in [0.5, 0.6) is 5.75 Å². The van der Waals surface area contributed by atoms with Crippen molar-refractivity contribution < 1.29 is 9.53 Å². The van der Waals surface area contributed by atoms with Crippen molar-refractivity contribution >= 4 is 34.2 Å². The van der Waals surface area contributed by atoms with Crippen molar-refractivity contribution in [2.75, 3.05) is 0 Å². The van der Waals surface area contributed by atoms with E-state index >= 15 is 0 Å². The third-order valence-corrected chi connectivity index (χ3v) is 3.69. The minimum Gasteiger partial charge on any atom is -0.423 e. The number of rotatable bonds is 4. The average Bonchev–Trinajstić information content (AvgIpc) is 2.61. The van der Waals surface area contributed by atoms with Crippen molar-refractivity contribution in [2.24, 2.45) is 22.2 Å². The fourth-order valence-electron chi connectivity index (χ4n) is 2.44. The van der Waals surface area contributed by atoms with E-state index in [2.05, 4.69) is 4.99 Å². The van der Waals surface area contributed by atoms with Crippen molar-refractivity contribution in [1.29, 1.82) is 5.41 Å². The molecule has 7 N–H and O–H groups in total. The Morgan fingerprint density at radius 3 is 2.12 bits per heavy atom. The molecule has 0 atom stereocenters. The van der Waals surface area contributed by atoms with Gasteiger partial charge in [-0.1, -0.05) is 18.2 Å². The number of nitrogens with two attached hydrogens (primary N) is 3. The van der Waals surface area contributed by atoms with Crippen LogP contribution in [0.15, 0.2) is 65.7 Å². The number of nitrogens with one attached hydrogen (secondary N) is 1. The number of ether oxygens (including phenoxy) is 1. The minimum atomic E-state index is -0.485. The van der Waals surface area contributed by atoms with Crippen molar-refractivity contribution in [3.63, 3.8) is 0 Å². The van der Waals surface area contributed by atoms with E-state index in [4.69, 9.17) is 27.3 Å². The zero-order chi connectivity index (χ0) is 18.7. The van der Waals surface area contributed by atoms with E-state index in [1.807, 2.05) is 18.2 Å². The number of amidine groups is 1. The lowest BCUT2D eigenvalue weighted by molar-refractivity contribution is 0.0735. The molecule has 0 heterocycles. The molecule has 3 rings (SSSR count). The van der Waals surface area contributed by atoms with E-state index in [9.17, 15) is 4.79 Å². The van der Waals surface area contributed by atoms with Crippen LogP contribution >= 0.6 is 0 Å². The smallest absolute Gasteiger partial charge is 0.343 e. The van der Waals surface area contributed by atoms with Crippen LogP contribution in [0.25, 0.3) is 10.8 Å². The lowest BCUT2D eigenvalue weighted by atomic mass is 10.1. The molecule has 0 aromatic heterocycles. The first-order valence-electron chi connectivity index (χ1n) is 7.72. The Bertz CT molecular complexity index is 1020. The highest BCUT2D eigenvalue weighted by atomic mass is 16.5. The van der Waals surface area contributed by atoms with Gasteiger partial charge in [-0.25, -0.2) is 9.79 Å². The van der Waals surface area contributed by atoms with Gasteiger partial charge in [0.1, 0.15) is 11.6 Å². The number of aliphatic imine (C=N–C) groups is 1. The second-order valence-electron chi connectivity index (χ2n) is 5.61. The molecule has 0 aliphatic heterocycles. The molecule has 0 unspecified atom stereocenters. The summed E-state index contributed by atoms with van der Waals surface area (Å²) in [5.41, 5.74) is 17.7. The summed E-state index contributed by atoms with van der Waals surface area (Å²) in [7, 11) is 0. The van der Waals surface area contributed by atoms with E-state index in [1.165, 1.54) is 0 Å². The maximum absolute atomic E-state index is 12.3. The summed E-state index contributed by atoms with van der Waals surface area (Å²) in [5, 5.41) is 9.26.